The second-order valence-corrected chi connectivity index (χ2v) is 4.36. The molecule has 6 nitrogen and oxygen atoms in total. The summed E-state index contributed by atoms with van der Waals surface area (Å²) in [5, 5.41) is 12.9. The summed E-state index contributed by atoms with van der Waals surface area (Å²) >= 11 is 0. The molecule has 0 aliphatic heterocycles. The zero-order chi connectivity index (χ0) is 14.7. The maximum absolute atomic E-state index is 12.0. The van der Waals surface area contributed by atoms with Crippen LogP contribution in [0.1, 0.15) is 27.3 Å². The van der Waals surface area contributed by atoms with E-state index in [1.165, 1.54) is 4.68 Å². The van der Waals surface area contributed by atoms with Gasteiger partial charge in [-0.1, -0.05) is 12.1 Å². The highest BCUT2D eigenvalue weighted by Gasteiger charge is 2.19. The first kappa shape index (κ1) is 13.6. The molecule has 1 aromatic heterocycles. The van der Waals surface area contributed by atoms with Gasteiger partial charge in [0.1, 0.15) is 6.61 Å². The fourth-order valence-corrected chi connectivity index (χ4v) is 1.86. The zero-order valence-corrected chi connectivity index (χ0v) is 11.3. The Hall–Kier alpha value is -2.81. The number of ether oxygens (including phenoxy) is 1. The van der Waals surface area contributed by atoms with E-state index < -0.39 is 5.97 Å². The molecule has 0 unspecified atom stereocenters. The first-order valence-electron chi connectivity index (χ1n) is 5.98. The minimum atomic E-state index is -0.534. The smallest absolute Gasteiger partial charge is 0.359 e. The van der Waals surface area contributed by atoms with Crippen LogP contribution in [0.2, 0.25) is 0 Å². The van der Waals surface area contributed by atoms with Crippen LogP contribution in [0.15, 0.2) is 24.3 Å². The minimum Gasteiger partial charge on any atom is -0.456 e. The molecule has 6 heteroatoms. The Kier molecular flexibility index (Phi) is 3.71. The van der Waals surface area contributed by atoms with Gasteiger partial charge in [-0.3, -0.25) is 4.68 Å². The molecule has 0 aliphatic carbocycles. The number of nitrogens with zero attached hydrogens (tertiary/aromatic N) is 3. The van der Waals surface area contributed by atoms with E-state index >= 15 is 0 Å². The van der Waals surface area contributed by atoms with Gasteiger partial charge >= 0.3 is 5.97 Å². The Balaban J connectivity index is 2.11. The number of anilines is 1. The number of aromatic nitrogens is 2. The standard InChI is InChI=1S/C14H14N4O2/c1-9-12(16)13(18(2)17-9)14(19)20-8-11-5-3-4-10(6-11)7-15/h3-6H,8,16H2,1-2H3. The second-order valence-electron chi connectivity index (χ2n) is 4.36. The molecule has 2 rings (SSSR count). The maximum Gasteiger partial charge on any atom is 0.359 e. The van der Waals surface area contributed by atoms with Crippen LogP contribution in [0.25, 0.3) is 0 Å². The number of nitrogens with two attached hydrogens (primary N) is 1. The summed E-state index contributed by atoms with van der Waals surface area (Å²) in [6, 6.07) is 8.92. The first-order valence-corrected chi connectivity index (χ1v) is 5.98. The third kappa shape index (κ3) is 2.62. The number of rotatable bonds is 3. The number of hydrogen-bond donors (Lipinski definition) is 1. The van der Waals surface area contributed by atoms with Gasteiger partial charge in [0, 0.05) is 7.05 Å². The van der Waals surface area contributed by atoms with E-state index in [0.717, 1.165) is 5.56 Å². The van der Waals surface area contributed by atoms with E-state index in [1.807, 2.05) is 6.07 Å². The minimum absolute atomic E-state index is 0.0814. The number of esters is 1. The molecule has 0 saturated heterocycles. The van der Waals surface area contributed by atoms with Crippen molar-refractivity contribution < 1.29 is 9.53 Å². The first-order chi connectivity index (χ1) is 9.52. The van der Waals surface area contributed by atoms with Gasteiger partial charge in [-0.15, -0.1) is 0 Å². The van der Waals surface area contributed by atoms with E-state index in [9.17, 15) is 4.79 Å². The van der Waals surface area contributed by atoms with Gasteiger partial charge in [0.05, 0.1) is 23.0 Å². The van der Waals surface area contributed by atoms with Gasteiger partial charge in [-0.05, 0) is 24.6 Å². The van der Waals surface area contributed by atoms with Crippen molar-refractivity contribution in [2.24, 2.45) is 7.05 Å². The maximum atomic E-state index is 12.0. The van der Waals surface area contributed by atoms with Gasteiger partial charge in [-0.25, -0.2) is 4.79 Å². The number of nitrogen functional groups attached to an aromatic ring is 1. The normalized spacial score (nSPS) is 10.1. The molecule has 2 aromatic rings. The molecule has 0 spiro atoms. The Morgan fingerprint density at radius 3 is 2.90 bits per heavy atom. The van der Waals surface area contributed by atoms with Crippen LogP contribution >= 0.6 is 0 Å². The topological polar surface area (TPSA) is 93.9 Å². The van der Waals surface area contributed by atoms with Crippen LogP contribution < -0.4 is 5.73 Å². The Bertz CT molecular complexity index is 698. The third-order valence-corrected chi connectivity index (χ3v) is 2.89. The Labute approximate surface area is 116 Å². The van der Waals surface area contributed by atoms with Crippen LogP contribution in [0.3, 0.4) is 0 Å². The van der Waals surface area contributed by atoms with E-state index in [1.54, 1.807) is 38.2 Å². The summed E-state index contributed by atoms with van der Waals surface area (Å²) in [7, 11) is 1.64. The molecule has 0 atom stereocenters. The average molecular weight is 270 g/mol. The van der Waals surface area contributed by atoms with Crippen molar-refractivity contribution in [3.05, 3.63) is 46.8 Å². The molecular weight excluding hydrogens is 256 g/mol. The highest BCUT2D eigenvalue weighted by atomic mass is 16.5. The average Bonchev–Trinajstić information content (AvgIpc) is 2.70. The van der Waals surface area contributed by atoms with Gasteiger partial charge < -0.3 is 10.5 Å². The highest BCUT2D eigenvalue weighted by molar-refractivity contribution is 5.93. The van der Waals surface area contributed by atoms with E-state index in [2.05, 4.69) is 5.10 Å². The molecular formula is C14H14N4O2. The zero-order valence-electron chi connectivity index (χ0n) is 11.3. The number of nitriles is 1. The van der Waals surface area contributed by atoms with Crippen LogP contribution in [0.5, 0.6) is 0 Å². The van der Waals surface area contributed by atoms with Gasteiger partial charge in [-0.2, -0.15) is 10.4 Å². The summed E-state index contributed by atoms with van der Waals surface area (Å²) < 4.78 is 6.60. The monoisotopic (exact) mass is 270 g/mol. The lowest BCUT2D eigenvalue weighted by Crippen LogP contribution is -2.12. The quantitative estimate of drug-likeness (QED) is 0.854. The summed E-state index contributed by atoms with van der Waals surface area (Å²) in [6.45, 7) is 1.81. The molecule has 0 fully saturated rings. The molecule has 2 N–H and O–H groups in total. The van der Waals surface area contributed by atoms with Crippen LogP contribution in [-0.4, -0.2) is 15.7 Å². The van der Waals surface area contributed by atoms with Crippen molar-refractivity contribution in [3.8, 4) is 6.07 Å². The SMILES string of the molecule is Cc1nn(C)c(C(=O)OCc2cccc(C#N)c2)c1N. The van der Waals surface area contributed by atoms with Crippen molar-refractivity contribution in [2.45, 2.75) is 13.5 Å². The third-order valence-electron chi connectivity index (χ3n) is 2.89. The molecule has 0 radical (unpaired) electrons. The number of benzene rings is 1. The van der Waals surface area contributed by atoms with Crippen molar-refractivity contribution in [3.63, 3.8) is 0 Å². The largest absolute Gasteiger partial charge is 0.456 e. The van der Waals surface area contributed by atoms with Crippen molar-refractivity contribution >= 4 is 11.7 Å². The molecule has 0 bridgehead atoms. The summed E-state index contributed by atoms with van der Waals surface area (Å²) in [6.07, 6.45) is 0. The lowest BCUT2D eigenvalue weighted by atomic mass is 10.1. The van der Waals surface area contributed by atoms with Crippen molar-refractivity contribution in [1.82, 2.24) is 9.78 Å². The van der Waals surface area contributed by atoms with E-state index in [-0.39, 0.29) is 12.3 Å². The molecule has 1 heterocycles. The predicted molar refractivity (Wildman–Crippen MR) is 72.6 cm³/mol. The summed E-state index contributed by atoms with van der Waals surface area (Å²) in [5.41, 5.74) is 8.21. The molecule has 1 aromatic carbocycles. The fraction of sp³-hybridized carbons (Fsp3) is 0.214. The summed E-state index contributed by atoms with van der Waals surface area (Å²) in [4.78, 5) is 12.0. The second kappa shape index (κ2) is 5.45. The number of aryl methyl sites for hydroxylation is 2. The predicted octanol–water partition coefficient (Wildman–Crippen LogP) is 1.54. The molecule has 0 aliphatic rings. The van der Waals surface area contributed by atoms with E-state index in [0.29, 0.717) is 16.9 Å². The Morgan fingerprint density at radius 2 is 2.30 bits per heavy atom. The van der Waals surface area contributed by atoms with Gasteiger partial charge in [0.15, 0.2) is 5.69 Å². The lowest BCUT2D eigenvalue weighted by molar-refractivity contribution is 0.0461. The molecule has 102 valence electrons. The van der Waals surface area contributed by atoms with Crippen LogP contribution in [0, 0.1) is 18.3 Å². The van der Waals surface area contributed by atoms with Crippen LogP contribution in [-0.2, 0) is 18.4 Å². The van der Waals surface area contributed by atoms with Gasteiger partial charge in [0.25, 0.3) is 0 Å². The number of carbonyl (C=O) groups is 1. The number of carbonyl (C=O) groups excluding carboxylic acids is 1. The highest BCUT2D eigenvalue weighted by Crippen LogP contribution is 2.17. The van der Waals surface area contributed by atoms with Crippen LogP contribution in [0.4, 0.5) is 5.69 Å². The van der Waals surface area contributed by atoms with Gasteiger partial charge in [0.2, 0.25) is 0 Å². The molecule has 20 heavy (non-hydrogen) atoms. The number of hydrogen-bond acceptors (Lipinski definition) is 5. The molecule has 0 amide bonds. The van der Waals surface area contributed by atoms with Crippen molar-refractivity contribution in [1.29, 1.82) is 5.26 Å². The molecule has 0 saturated carbocycles. The van der Waals surface area contributed by atoms with Crippen molar-refractivity contribution in [2.75, 3.05) is 5.73 Å². The lowest BCUT2D eigenvalue weighted by Gasteiger charge is -2.06. The fourth-order valence-electron chi connectivity index (χ4n) is 1.86. The Morgan fingerprint density at radius 1 is 1.55 bits per heavy atom. The summed E-state index contributed by atoms with van der Waals surface area (Å²) in [5.74, 6) is -0.534. The van der Waals surface area contributed by atoms with E-state index in [4.69, 9.17) is 15.7 Å².